The van der Waals surface area contributed by atoms with E-state index in [-0.39, 0.29) is 12.5 Å². The Kier molecular flexibility index (Phi) is 5.86. The van der Waals surface area contributed by atoms with Gasteiger partial charge < -0.3 is 15.2 Å². The zero-order valence-electron chi connectivity index (χ0n) is 14.4. The van der Waals surface area contributed by atoms with Crippen LogP contribution in [0.25, 0.3) is 0 Å². The summed E-state index contributed by atoms with van der Waals surface area (Å²) in [5.74, 6) is 0.347. The van der Waals surface area contributed by atoms with E-state index in [1.807, 2.05) is 30.3 Å². The molecule has 2 aromatic carbocycles. The molecule has 1 aliphatic heterocycles. The van der Waals surface area contributed by atoms with E-state index in [4.69, 9.17) is 4.74 Å². The van der Waals surface area contributed by atoms with Crippen molar-refractivity contribution >= 4 is 17.6 Å². The number of amides is 1. The van der Waals surface area contributed by atoms with E-state index in [2.05, 4.69) is 5.32 Å². The quantitative estimate of drug-likeness (QED) is 0.832. The van der Waals surface area contributed by atoms with Crippen LogP contribution in [0.4, 0.5) is 5.69 Å². The molecule has 6 heteroatoms. The molecule has 26 heavy (non-hydrogen) atoms. The number of nitrogens with zero attached hydrogens (tertiary/aromatic N) is 1. The third kappa shape index (κ3) is 4.83. The van der Waals surface area contributed by atoms with E-state index in [1.165, 1.54) is 0 Å². The number of carbonyl (C=O) groups excluding carboxylic acids is 1. The number of carboxylic acid groups (broad SMARTS) is 1. The fourth-order valence-electron chi connectivity index (χ4n) is 3.08. The Morgan fingerprint density at radius 1 is 1.04 bits per heavy atom. The summed E-state index contributed by atoms with van der Waals surface area (Å²) >= 11 is 0. The molecule has 2 N–H and O–H groups in total. The van der Waals surface area contributed by atoms with Gasteiger partial charge in [-0.05, 0) is 55.8 Å². The summed E-state index contributed by atoms with van der Waals surface area (Å²) < 4.78 is 5.71. The first kappa shape index (κ1) is 17.9. The molecule has 1 heterocycles. The molecule has 1 aliphatic rings. The minimum Gasteiger partial charge on any atom is -0.480 e. The molecule has 1 saturated heterocycles. The average Bonchev–Trinajstić information content (AvgIpc) is 2.64. The third-order valence-electron chi connectivity index (χ3n) is 4.36. The number of hydrogen-bond acceptors (Lipinski definition) is 4. The number of rotatable bonds is 6. The lowest BCUT2D eigenvalue weighted by Crippen LogP contribution is -2.47. The third-order valence-corrected chi connectivity index (χ3v) is 4.36. The zero-order valence-corrected chi connectivity index (χ0v) is 14.4. The van der Waals surface area contributed by atoms with Crippen LogP contribution in [-0.4, -0.2) is 41.0 Å². The van der Waals surface area contributed by atoms with E-state index in [1.54, 1.807) is 29.2 Å². The van der Waals surface area contributed by atoms with E-state index < -0.39 is 12.0 Å². The maximum Gasteiger partial charge on any atom is 0.320 e. The number of likely N-dealkylation sites (tertiary alicyclic amines) is 1. The van der Waals surface area contributed by atoms with Crippen LogP contribution in [0.3, 0.4) is 0 Å². The maximum atomic E-state index is 12.2. The van der Waals surface area contributed by atoms with E-state index in [0.29, 0.717) is 24.4 Å². The summed E-state index contributed by atoms with van der Waals surface area (Å²) in [5, 5.41) is 12.1. The number of carboxylic acids is 1. The molecule has 2 aromatic rings. The Balaban J connectivity index is 1.55. The van der Waals surface area contributed by atoms with Crippen LogP contribution >= 0.6 is 0 Å². The molecule has 0 saturated carbocycles. The molecule has 1 unspecified atom stereocenters. The van der Waals surface area contributed by atoms with Crippen molar-refractivity contribution in [3.05, 3.63) is 54.6 Å². The normalized spacial score (nSPS) is 17.5. The van der Waals surface area contributed by atoms with Crippen molar-refractivity contribution in [3.63, 3.8) is 0 Å². The van der Waals surface area contributed by atoms with Crippen LogP contribution in [0.5, 0.6) is 11.5 Å². The summed E-state index contributed by atoms with van der Waals surface area (Å²) in [7, 11) is 0. The second-order valence-electron chi connectivity index (χ2n) is 6.31. The number of carbonyl (C=O) groups is 2. The summed E-state index contributed by atoms with van der Waals surface area (Å²) in [4.78, 5) is 25.3. The van der Waals surface area contributed by atoms with Crippen molar-refractivity contribution in [3.8, 4) is 11.5 Å². The second-order valence-corrected chi connectivity index (χ2v) is 6.31. The van der Waals surface area contributed by atoms with Gasteiger partial charge >= 0.3 is 5.97 Å². The number of nitrogens with one attached hydrogen (secondary N) is 1. The van der Waals surface area contributed by atoms with Crippen LogP contribution in [0, 0.1) is 0 Å². The Morgan fingerprint density at radius 2 is 1.73 bits per heavy atom. The van der Waals surface area contributed by atoms with Gasteiger partial charge in [-0.25, -0.2) is 0 Å². The molecule has 0 aromatic heterocycles. The van der Waals surface area contributed by atoms with Crippen LogP contribution in [0.15, 0.2) is 54.6 Å². The average molecular weight is 354 g/mol. The number of anilines is 1. The summed E-state index contributed by atoms with van der Waals surface area (Å²) in [6.45, 7) is 0.716. The number of ether oxygens (including phenoxy) is 1. The van der Waals surface area contributed by atoms with Crippen molar-refractivity contribution < 1.29 is 19.4 Å². The Hall–Kier alpha value is -2.86. The van der Waals surface area contributed by atoms with Gasteiger partial charge in [0.05, 0.1) is 6.54 Å². The topological polar surface area (TPSA) is 78.9 Å². The van der Waals surface area contributed by atoms with Crippen LogP contribution in [-0.2, 0) is 9.59 Å². The molecule has 0 aliphatic carbocycles. The maximum absolute atomic E-state index is 12.2. The van der Waals surface area contributed by atoms with Gasteiger partial charge in [-0.15, -0.1) is 0 Å². The zero-order chi connectivity index (χ0) is 18.4. The van der Waals surface area contributed by atoms with Gasteiger partial charge in [0.25, 0.3) is 0 Å². The lowest BCUT2D eigenvalue weighted by Gasteiger charge is -2.32. The number of benzene rings is 2. The minimum absolute atomic E-state index is 0.0826. The number of aliphatic carboxylic acids is 1. The lowest BCUT2D eigenvalue weighted by atomic mass is 10.0. The van der Waals surface area contributed by atoms with Gasteiger partial charge in [0, 0.05) is 5.69 Å². The molecule has 0 radical (unpaired) electrons. The molecule has 0 bridgehead atoms. The van der Waals surface area contributed by atoms with Crippen LogP contribution in [0.2, 0.25) is 0 Å². The monoisotopic (exact) mass is 354 g/mol. The van der Waals surface area contributed by atoms with Crippen molar-refractivity contribution in [1.29, 1.82) is 0 Å². The first-order valence-corrected chi connectivity index (χ1v) is 8.71. The highest BCUT2D eigenvalue weighted by atomic mass is 16.5. The fourth-order valence-corrected chi connectivity index (χ4v) is 3.08. The molecular weight excluding hydrogens is 332 g/mol. The smallest absolute Gasteiger partial charge is 0.320 e. The summed E-state index contributed by atoms with van der Waals surface area (Å²) in [6, 6.07) is 16.0. The molecule has 6 nitrogen and oxygen atoms in total. The SMILES string of the molecule is O=C(CN1CCCCC1C(=O)O)Nc1ccc(Oc2ccccc2)cc1. The van der Waals surface area contributed by atoms with Gasteiger partial charge in [0.2, 0.25) is 5.91 Å². The molecular formula is C20H22N2O4. The van der Waals surface area contributed by atoms with E-state index >= 15 is 0 Å². The van der Waals surface area contributed by atoms with Crippen molar-refractivity contribution in [2.75, 3.05) is 18.4 Å². The van der Waals surface area contributed by atoms with Gasteiger partial charge in [0.15, 0.2) is 0 Å². The predicted octanol–water partition coefficient (Wildman–Crippen LogP) is 3.36. The number of para-hydroxylation sites is 1. The van der Waals surface area contributed by atoms with Gasteiger partial charge in [-0.3, -0.25) is 14.5 Å². The lowest BCUT2D eigenvalue weighted by molar-refractivity contribution is -0.145. The van der Waals surface area contributed by atoms with Crippen molar-refractivity contribution in [2.24, 2.45) is 0 Å². The highest BCUT2D eigenvalue weighted by Gasteiger charge is 2.29. The Labute approximate surface area is 152 Å². The van der Waals surface area contributed by atoms with Gasteiger partial charge in [-0.1, -0.05) is 24.6 Å². The first-order valence-electron chi connectivity index (χ1n) is 8.71. The molecule has 1 amide bonds. The minimum atomic E-state index is -0.861. The second kappa shape index (κ2) is 8.49. The predicted molar refractivity (Wildman–Crippen MR) is 98.4 cm³/mol. The Bertz CT molecular complexity index is 746. The van der Waals surface area contributed by atoms with E-state index in [0.717, 1.165) is 18.6 Å². The first-order chi connectivity index (χ1) is 12.6. The van der Waals surface area contributed by atoms with Crippen LogP contribution < -0.4 is 10.1 Å². The van der Waals surface area contributed by atoms with Gasteiger partial charge in [-0.2, -0.15) is 0 Å². The van der Waals surface area contributed by atoms with Crippen LogP contribution in [0.1, 0.15) is 19.3 Å². The molecule has 0 spiro atoms. The molecule has 3 rings (SSSR count). The largest absolute Gasteiger partial charge is 0.480 e. The summed E-state index contributed by atoms with van der Waals surface area (Å²) in [5.41, 5.74) is 0.652. The standard InChI is InChI=1S/C20H22N2O4/c23-19(14-22-13-5-4-8-18(22)20(24)25)21-15-9-11-17(12-10-15)26-16-6-2-1-3-7-16/h1-3,6-7,9-12,18H,4-5,8,13-14H2,(H,21,23)(H,24,25). The van der Waals surface area contributed by atoms with Crippen molar-refractivity contribution in [2.45, 2.75) is 25.3 Å². The molecule has 136 valence electrons. The highest BCUT2D eigenvalue weighted by molar-refractivity contribution is 5.92. The van der Waals surface area contributed by atoms with Gasteiger partial charge in [0.1, 0.15) is 17.5 Å². The summed E-state index contributed by atoms with van der Waals surface area (Å²) in [6.07, 6.45) is 2.40. The fraction of sp³-hybridized carbons (Fsp3) is 0.300. The molecule has 1 atom stereocenters. The molecule has 1 fully saturated rings. The van der Waals surface area contributed by atoms with Crippen molar-refractivity contribution in [1.82, 2.24) is 4.90 Å². The van der Waals surface area contributed by atoms with E-state index in [9.17, 15) is 14.7 Å². The highest BCUT2D eigenvalue weighted by Crippen LogP contribution is 2.23. The Morgan fingerprint density at radius 3 is 2.42 bits per heavy atom. The number of piperidine rings is 1. The number of hydrogen-bond donors (Lipinski definition) is 2.